The fraction of sp³-hybridized carbons (Fsp3) is 0.474. The molecule has 0 bridgehead atoms. The highest BCUT2D eigenvalue weighted by Gasteiger charge is 2.36. The SMILES string of the molecule is Clc1ccc(C(c2ccc(Cl)cc2)N2CCN(CC3=NC4CCCCC4C(N4CCCN(Cc5ccccc5)CC4)=N3)CC2)cc1. The van der Waals surface area contributed by atoms with Crippen molar-refractivity contribution >= 4 is 34.9 Å². The minimum Gasteiger partial charge on any atom is -0.358 e. The van der Waals surface area contributed by atoms with Crippen molar-refractivity contribution in [1.29, 1.82) is 0 Å². The molecule has 0 aromatic heterocycles. The molecule has 3 heterocycles. The molecule has 46 heavy (non-hydrogen) atoms. The van der Waals surface area contributed by atoms with Gasteiger partial charge in [0, 0.05) is 74.9 Å². The van der Waals surface area contributed by atoms with E-state index in [1.165, 1.54) is 54.6 Å². The van der Waals surface area contributed by atoms with Crippen LogP contribution in [0.5, 0.6) is 0 Å². The van der Waals surface area contributed by atoms with Crippen LogP contribution in [0.15, 0.2) is 88.8 Å². The Labute approximate surface area is 284 Å². The first-order valence-corrected chi connectivity index (χ1v) is 18.0. The van der Waals surface area contributed by atoms with Gasteiger partial charge in [-0.2, -0.15) is 0 Å². The van der Waals surface area contributed by atoms with Crippen LogP contribution in [0.2, 0.25) is 10.0 Å². The lowest BCUT2D eigenvalue weighted by Gasteiger charge is -2.41. The van der Waals surface area contributed by atoms with Crippen LogP contribution in [0.4, 0.5) is 0 Å². The smallest absolute Gasteiger partial charge is 0.139 e. The molecule has 3 aromatic carbocycles. The number of amidine groups is 2. The molecule has 3 aromatic rings. The Morgan fingerprint density at radius 1 is 0.630 bits per heavy atom. The van der Waals surface area contributed by atoms with E-state index >= 15 is 0 Å². The molecule has 0 amide bonds. The lowest BCUT2D eigenvalue weighted by Crippen LogP contribution is -2.50. The van der Waals surface area contributed by atoms with Crippen LogP contribution in [0, 0.1) is 5.92 Å². The molecule has 0 radical (unpaired) electrons. The highest BCUT2D eigenvalue weighted by molar-refractivity contribution is 6.30. The Morgan fingerprint density at radius 2 is 1.26 bits per heavy atom. The second kappa shape index (κ2) is 15.0. The number of hydrogen-bond acceptors (Lipinski definition) is 6. The van der Waals surface area contributed by atoms with Gasteiger partial charge in [-0.1, -0.05) is 90.6 Å². The summed E-state index contributed by atoms with van der Waals surface area (Å²) in [5.41, 5.74) is 3.92. The number of benzene rings is 3. The normalized spacial score (nSPS) is 23.5. The van der Waals surface area contributed by atoms with Crippen molar-refractivity contribution in [2.45, 2.75) is 50.7 Å². The van der Waals surface area contributed by atoms with Crippen molar-refractivity contribution < 1.29 is 0 Å². The molecule has 3 fully saturated rings. The molecular formula is C38H46Cl2N6. The Morgan fingerprint density at radius 3 is 1.96 bits per heavy atom. The van der Waals surface area contributed by atoms with E-state index in [1.54, 1.807) is 0 Å². The molecule has 2 saturated heterocycles. The topological polar surface area (TPSA) is 37.7 Å². The maximum Gasteiger partial charge on any atom is 0.139 e. The third-order valence-corrected chi connectivity index (χ3v) is 10.8. The third kappa shape index (κ3) is 7.69. The van der Waals surface area contributed by atoms with Gasteiger partial charge in [-0.3, -0.25) is 19.7 Å². The van der Waals surface area contributed by atoms with E-state index in [9.17, 15) is 0 Å². The van der Waals surface area contributed by atoms with Gasteiger partial charge in [-0.15, -0.1) is 0 Å². The average molecular weight is 658 g/mol. The van der Waals surface area contributed by atoms with Crippen LogP contribution in [-0.4, -0.2) is 96.2 Å². The molecule has 0 spiro atoms. The molecule has 4 aliphatic rings. The zero-order valence-corrected chi connectivity index (χ0v) is 28.3. The number of aliphatic imine (C=N–C) groups is 2. The second-order valence-corrected chi connectivity index (χ2v) is 14.3. The summed E-state index contributed by atoms with van der Waals surface area (Å²) in [6, 6.07) is 28.1. The van der Waals surface area contributed by atoms with Crippen LogP contribution >= 0.6 is 23.2 Å². The Balaban J connectivity index is 1.02. The lowest BCUT2D eigenvalue weighted by atomic mass is 9.82. The fourth-order valence-corrected chi connectivity index (χ4v) is 8.12. The van der Waals surface area contributed by atoms with E-state index in [2.05, 4.69) is 74.2 Å². The minimum atomic E-state index is 0.167. The minimum absolute atomic E-state index is 0.167. The summed E-state index contributed by atoms with van der Waals surface area (Å²) in [7, 11) is 0. The van der Waals surface area contributed by atoms with Gasteiger partial charge in [-0.25, -0.2) is 4.99 Å². The summed E-state index contributed by atoms with van der Waals surface area (Å²) in [4.78, 5) is 21.1. The van der Waals surface area contributed by atoms with E-state index in [-0.39, 0.29) is 6.04 Å². The van der Waals surface area contributed by atoms with Gasteiger partial charge in [0.05, 0.1) is 18.6 Å². The number of nitrogens with zero attached hydrogens (tertiary/aromatic N) is 6. The van der Waals surface area contributed by atoms with Gasteiger partial charge < -0.3 is 4.90 Å². The quantitative estimate of drug-likeness (QED) is 0.268. The zero-order chi connectivity index (χ0) is 31.3. The third-order valence-electron chi connectivity index (χ3n) is 10.3. The van der Waals surface area contributed by atoms with E-state index in [0.717, 1.165) is 81.3 Å². The molecule has 3 aliphatic heterocycles. The molecule has 7 rings (SSSR count). The molecule has 2 unspecified atom stereocenters. The standard InChI is InChI=1S/C38H46Cl2N6/c39-32-15-11-30(12-16-32)37(31-13-17-33(40)18-14-31)45-24-21-44(22-25-45)28-36-41-35-10-5-4-9-34(35)38(42-36)46-20-6-19-43(23-26-46)27-29-7-2-1-3-8-29/h1-3,7-8,11-18,34-35,37H,4-6,9-10,19-28H2. The molecule has 6 nitrogen and oxygen atoms in total. The van der Waals surface area contributed by atoms with Crippen LogP contribution in [-0.2, 0) is 6.54 Å². The van der Waals surface area contributed by atoms with Crippen molar-refractivity contribution in [3.8, 4) is 0 Å². The number of halogens is 2. The summed E-state index contributed by atoms with van der Waals surface area (Å²) < 4.78 is 0. The molecule has 0 N–H and O–H groups in total. The summed E-state index contributed by atoms with van der Waals surface area (Å²) in [6.45, 7) is 10.2. The molecule has 2 atom stereocenters. The van der Waals surface area contributed by atoms with E-state index < -0.39 is 0 Å². The summed E-state index contributed by atoms with van der Waals surface area (Å²) in [6.07, 6.45) is 6.17. The lowest BCUT2D eigenvalue weighted by molar-refractivity contribution is 0.120. The van der Waals surface area contributed by atoms with Gasteiger partial charge in [-0.05, 0) is 60.2 Å². The van der Waals surface area contributed by atoms with Crippen molar-refractivity contribution in [3.05, 3.63) is 106 Å². The van der Waals surface area contributed by atoms with E-state index in [1.807, 2.05) is 24.3 Å². The summed E-state index contributed by atoms with van der Waals surface area (Å²) >= 11 is 12.5. The maximum absolute atomic E-state index is 6.26. The van der Waals surface area contributed by atoms with E-state index in [0.29, 0.717) is 12.0 Å². The Kier molecular flexibility index (Phi) is 10.4. The second-order valence-electron chi connectivity index (χ2n) is 13.4. The van der Waals surface area contributed by atoms with Crippen LogP contribution < -0.4 is 0 Å². The molecular weight excluding hydrogens is 611 g/mol. The molecule has 1 aliphatic carbocycles. The molecule has 242 valence electrons. The van der Waals surface area contributed by atoms with Gasteiger partial charge >= 0.3 is 0 Å². The average Bonchev–Trinajstić information content (AvgIpc) is 3.33. The Bertz CT molecular complexity index is 1440. The largest absolute Gasteiger partial charge is 0.358 e. The van der Waals surface area contributed by atoms with E-state index in [4.69, 9.17) is 33.2 Å². The van der Waals surface area contributed by atoms with Crippen molar-refractivity contribution in [2.75, 3.05) is 58.9 Å². The first-order chi connectivity index (χ1) is 22.6. The van der Waals surface area contributed by atoms with Crippen LogP contribution in [0.1, 0.15) is 54.8 Å². The van der Waals surface area contributed by atoms with Gasteiger partial charge in [0.2, 0.25) is 0 Å². The first kappa shape index (κ1) is 31.8. The van der Waals surface area contributed by atoms with Crippen LogP contribution in [0.25, 0.3) is 0 Å². The number of piperazine rings is 1. The predicted molar refractivity (Wildman–Crippen MR) is 191 cm³/mol. The summed E-state index contributed by atoms with van der Waals surface area (Å²) in [5.74, 6) is 2.86. The maximum atomic E-state index is 6.26. The van der Waals surface area contributed by atoms with Crippen molar-refractivity contribution in [1.82, 2.24) is 19.6 Å². The van der Waals surface area contributed by atoms with Gasteiger partial charge in [0.15, 0.2) is 0 Å². The number of fused-ring (bicyclic) bond motifs is 1. The highest BCUT2D eigenvalue weighted by atomic mass is 35.5. The molecule has 1 saturated carbocycles. The van der Waals surface area contributed by atoms with Gasteiger partial charge in [0.1, 0.15) is 11.7 Å². The van der Waals surface area contributed by atoms with Crippen LogP contribution in [0.3, 0.4) is 0 Å². The number of rotatable bonds is 7. The molecule has 8 heteroatoms. The monoisotopic (exact) mass is 656 g/mol. The first-order valence-electron chi connectivity index (χ1n) is 17.2. The fourth-order valence-electron chi connectivity index (χ4n) is 7.87. The highest BCUT2D eigenvalue weighted by Crippen LogP contribution is 2.34. The zero-order valence-electron chi connectivity index (χ0n) is 26.8. The summed E-state index contributed by atoms with van der Waals surface area (Å²) in [5, 5.41) is 1.53. The van der Waals surface area contributed by atoms with Crippen molar-refractivity contribution in [3.63, 3.8) is 0 Å². The van der Waals surface area contributed by atoms with Crippen molar-refractivity contribution in [2.24, 2.45) is 15.9 Å². The Hall–Kier alpha value is -2.74. The predicted octanol–water partition coefficient (Wildman–Crippen LogP) is 7.28. The number of hydrogen-bond donors (Lipinski definition) is 0. The van der Waals surface area contributed by atoms with Gasteiger partial charge in [0.25, 0.3) is 0 Å².